The summed E-state index contributed by atoms with van der Waals surface area (Å²) in [5, 5.41) is 0. The van der Waals surface area contributed by atoms with Crippen molar-refractivity contribution >= 4 is 0 Å². The molecular weight excluding hydrogens is 208 g/mol. The molecule has 0 aliphatic rings. The highest BCUT2D eigenvalue weighted by atomic mass is 16.5. The molecule has 17 heavy (non-hydrogen) atoms. The lowest BCUT2D eigenvalue weighted by atomic mass is 9.74. The summed E-state index contributed by atoms with van der Waals surface area (Å²) < 4.78 is 5.39. The Labute approximate surface area is 106 Å². The molecule has 0 unspecified atom stereocenters. The Morgan fingerprint density at radius 1 is 0.882 bits per heavy atom. The molecule has 0 amide bonds. The average Bonchev–Trinajstić information content (AvgIpc) is 2.14. The van der Waals surface area contributed by atoms with Gasteiger partial charge in [0.2, 0.25) is 0 Å². The Morgan fingerprint density at radius 2 is 1.29 bits per heavy atom. The standard InChI is InChI=1S/C16H25O/c1-11-9-12(15(2,3)4)13(16(5,6)7)10-14(11)17-8/h9-10H,1H2,2-8H3. The van der Waals surface area contributed by atoms with Crippen LogP contribution in [0.15, 0.2) is 12.1 Å². The average molecular weight is 233 g/mol. The molecule has 0 heterocycles. The van der Waals surface area contributed by atoms with Crippen LogP contribution in [0.4, 0.5) is 0 Å². The van der Waals surface area contributed by atoms with E-state index in [1.807, 2.05) is 0 Å². The molecular formula is C16H25O. The third kappa shape index (κ3) is 3.02. The number of hydrogen-bond acceptors (Lipinski definition) is 1. The summed E-state index contributed by atoms with van der Waals surface area (Å²) in [4.78, 5) is 0. The van der Waals surface area contributed by atoms with Gasteiger partial charge < -0.3 is 4.74 Å². The van der Waals surface area contributed by atoms with Crippen LogP contribution in [-0.2, 0) is 10.8 Å². The second-order valence-corrected chi connectivity index (χ2v) is 6.71. The smallest absolute Gasteiger partial charge is 0.122 e. The van der Waals surface area contributed by atoms with Crippen molar-refractivity contribution in [3.63, 3.8) is 0 Å². The fourth-order valence-corrected chi connectivity index (χ4v) is 2.06. The predicted molar refractivity (Wildman–Crippen MR) is 74.9 cm³/mol. The van der Waals surface area contributed by atoms with Gasteiger partial charge in [-0.25, -0.2) is 0 Å². The van der Waals surface area contributed by atoms with Crippen molar-refractivity contribution in [2.45, 2.75) is 52.4 Å². The fourth-order valence-electron chi connectivity index (χ4n) is 2.06. The summed E-state index contributed by atoms with van der Waals surface area (Å²) in [6, 6.07) is 4.31. The molecule has 1 rings (SSSR count). The van der Waals surface area contributed by atoms with Crippen molar-refractivity contribution in [1.29, 1.82) is 0 Å². The van der Waals surface area contributed by atoms with E-state index in [2.05, 4.69) is 60.6 Å². The lowest BCUT2D eigenvalue weighted by molar-refractivity contribution is 0.409. The van der Waals surface area contributed by atoms with Gasteiger partial charge in [0.25, 0.3) is 0 Å². The second-order valence-electron chi connectivity index (χ2n) is 6.71. The first kappa shape index (κ1) is 14.1. The molecule has 0 bridgehead atoms. The van der Waals surface area contributed by atoms with Gasteiger partial charge in [0.1, 0.15) is 5.75 Å². The van der Waals surface area contributed by atoms with E-state index >= 15 is 0 Å². The molecule has 95 valence electrons. The molecule has 1 aromatic rings. The Kier molecular flexibility index (Phi) is 3.61. The highest BCUT2D eigenvalue weighted by molar-refractivity contribution is 5.49. The van der Waals surface area contributed by atoms with E-state index in [9.17, 15) is 0 Å². The van der Waals surface area contributed by atoms with E-state index in [1.54, 1.807) is 7.11 Å². The van der Waals surface area contributed by atoms with Crippen molar-refractivity contribution in [2.75, 3.05) is 7.11 Å². The number of ether oxygens (including phenoxy) is 1. The van der Waals surface area contributed by atoms with Crippen LogP contribution in [0.2, 0.25) is 0 Å². The van der Waals surface area contributed by atoms with E-state index in [-0.39, 0.29) is 10.8 Å². The van der Waals surface area contributed by atoms with Gasteiger partial charge in [0, 0.05) is 0 Å². The van der Waals surface area contributed by atoms with Crippen molar-refractivity contribution in [3.8, 4) is 5.75 Å². The highest BCUT2D eigenvalue weighted by Crippen LogP contribution is 2.37. The molecule has 0 aliphatic carbocycles. The third-order valence-electron chi connectivity index (χ3n) is 3.04. The lowest BCUT2D eigenvalue weighted by Crippen LogP contribution is -2.22. The molecule has 0 fully saturated rings. The predicted octanol–water partition coefficient (Wildman–Crippen LogP) is 4.47. The largest absolute Gasteiger partial charge is 0.496 e. The van der Waals surface area contributed by atoms with E-state index < -0.39 is 0 Å². The van der Waals surface area contributed by atoms with Gasteiger partial charge in [0.05, 0.1) is 7.11 Å². The molecule has 0 aliphatic heterocycles. The Balaban J connectivity index is 3.54. The molecule has 0 atom stereocenters. The van der Waals surface area contributed by atoms with Crippen LogP contribution in [0.1, 0.15) is 58.2 Å². The van der Waals surface area contributed by atoms with Crippen LogP contribution in [0.5, 0.6) is 5.75 Å². The summed E-state index contributed by atoms with van der Waals surface area (Å²) in [7, 11) is 1.70. The van der Waals surface area contributed by atoms with Gasteiger partial charge in [-0.2, -0.15) is 0 Å². The van der Waals surface area contributed by atoms with Crippen molar-refractivity contribution in [1.82, 2.24) is 0 Å². The Hall–Kier alpha value is -0.980. The third-order valence-corrected chi connectivity index (χ3v) is 3.04. The Bertz CT molecular complexity index is 403. The van der Waals surface area contributed by atoms with Crippen LogP contribution in [0.3, 0.4) is 0 Å². The zero-order valence-corrected chi connectivity index (χ0v) is 12.3. The number of benzene rings is 1. The van der Waals surface area contributed by atoms with Crippen LogP contribution < -0.4 is 4.74 Å². The quantitative estimate of drug-likeness (QED) is 0.695. The van der Waals surface area contributed by atoms with Crippen LogP contribution in [-0.4, -0.2) is 7.11 Å². The van der Waals surface area contributed by atoms with Crippen LogP contribution in [0, 0.1) is 6.92 Å². The molecule has 1 aromatic carbocycles. The molecule has 1 nitrogen and oxygen atoms in total. The fraction of sp³-hybridized carbons (Fsp3) is 0.562. The molecule has 0 saturated carbocycles. The van der Waals surface area contributed by atoms with E-state index in [0.717, 1.165) is 11.3 Å². The second kappa shape index (κ2) is 4.36. The van der Waals surface area contributed by atoms with E-state index in [1.165, 1.54) is 11.1 Å². The molecule has 0 aromatic heterocycles. The highest BCUT2D eigenvalue weighted by Gasteiger charge is 2.26. The van der Waals surface area contributed by atoms with Crippen molar-refractivity contribution < 1.29 is 4.74 Å². The van der Waals surface area contributed by atoms with Gasteiger partial charge in [-0.1, -0.05) is 47.6 Å². The number of methoxy groups -OCH3 is 1. The molecule has 0 saturated heterocycles. The van der Waals surface area contributed by atoms with Crippen LogP contribution in [0.25, 0.3) is 0 Å². The first-order valence-electron chi connectivity index (χ1n) is 6.12. The summed E-state index contributed by atoms with van der Waals surface area (Å²) in [6.45, 7) is 17.5. The maximum atomic E-state index is 5.39. The molecule has 1 radical (unpaired) electrons. The molecule has 0 N–H and O–H groups in total. The van der Waals surface area contributed by atoms with Gasteiger partial charge in [0.15, 0.2) is 0 Å². The van der Waals surface area contributed by atoms with Gasteiger partial charge >= 0.3 is 0 Å². The number of rotatable bonds is 1. The summed E-state index contributed by atoms with van der Waals surface area (Å²) >= 11 is 0. The maximum Gasteiger partial charge on any atom is 0.122 e. The summed E-state index contributed by atoms with van der Waals surface area (Å²) in [5.41, 5.74) is 3.90. The van der Waals surface area contributed by atoms with Crippen molar-refractivity contribution in [2.24, 2.45) is 0 Å². The normalized spacial score (nSPS) is 12.7. The topological polar surface area (TPSA) is 9.23 Å². The zero-order chi connectivity index (χ0) is 13.4. The van der Waals surface area contributed by atoms with Gasteiger partial charge in [-0.05, 0) is 40.5 Å². The van der Waals surface area contributed by atoms with Crippen LogP contribution >= 0.6 is 0 Å². The minimum Gasteiger partial charge on any atom is -0.496 e. The van der Waals surface area contributed by atoms with E-state index in [4.69, 9.17) is 4.74 Å². The summed E-state index contributed by atoms with van der Waals surface area (Å²) in [5.74, 6) is 0.878. The lowest BCUT2D eigenvalue weighted by Gasteiger charge is -2.31. The first-order chi connectivity index (χ1) is 7.57. The van der Waals surface area contributed by atoms with Gasteiger partial charge in [-0.3, -0.25) is 0 Å². The maximum absolute atomic E-state index is 5.39. The monoisotopic (exact) mass is 233 g/mol. The summed E-state index contributed by atoms with van der Waals surface area (Å²) in [6.07, 6.45) is 0. The van der Waals surface area contributed by atoms with Gasteiger partial charge in [-0.15, -0.1) is 0 Å². The molecule has 0 spiro atoms. The number of hydrogen-bond donors (Lipinski definition) is 0. The minimum absolute atomic E-state index is 0.115. The minimum atomic E-state index is 0.115. The van der Waals surface area contributed by atoms with E-state index in [0.29, 0.717) is 0 Å². The Morgan fingerprint density at radius 3 is 1.65 bits per heavy atom. The van der Waals surface area contributed by atoms with Crippen molar-refractivity contribution in [3.05, 3.63) is 35.7 Å². The SMILES string of the molecule is [CH2]c1cc(C(C)(C)C)c(C(C)(C)C)cc1OC. The molecule has 1 heteroatoms. The first-order valence-corrected chi connectivity index (χ1v) is 6.12. The zero-order valence-electron chi connectivity index (χ0n) is 12.3.